The van der Waals surface area contributed by atoms with E-state index in [9.17, 15) is 0 Å². The van der Waals surface area contributed by atoms with Crippen molar-refractivity contribution in [2.45, 2.75) is 25.1 Å². The molecule has 0 radical (unpaired) electrons. The molecule has 4 aromatic carbocycles. The molecule has 1 unspecified atom stereocenters. The highest BCUT2D eigenvalue weighted by Gasteiger charge is 2.11. The molecule has 1 heterocycles. The maximum Gasteiger partial charge on any atom is 0.160 e. The van der Waals surface area contributed by atoms with E-state index in [1.165, 1.54) is 16.7 Å². The average molecular weight is 475 g/mol. The molecule has 0 aliphatic carbocycles. The summed E-state index contributed by atoms with van der Waals surface area (Å²) in [6.45, 7) is 2.04. The first kappa shape index (κ1) is 23.0. The number of hydrogen-bond donors (Lipinski definition) is 0. The molecule has 172 valence electrons. The van der Waals surface area contributed by atoms with Gasteiger partial charge in [-0.05, 0) is 42.5 Å². The van der Waals surface area contributed by atoms with Crippen LogP contribution in [0, 0.1) is 0 Å². The Morgan fingerprint density at radius 2 is 1.03 bits per heavy atom. The lowest BCUT2D eigenvalue weighted by Gasteiger charge is -2.10. The van der Waals surface area contributed by atoms with Crippen LogP contribution in [0.1, 0.15) is 18.9 Å². The Hall–Kier alpha value is -3.75. The lowest BCUT2D eigenvalue weighted by Crippen LogP contribution is -1.96. The monoisotopic (exact) mass is 474 g/mol. The maximum atomic E-state index is 6.10. The van der Waals surface area contributed by atoms with Gasteiger partial charge in [0.1, 0.15) is 0 Å². The normalized spacial score (nSPS) is 11.8. The van der Waals surface area contributed by atoms with Gasteiger partial charge in [-0.25, -0.2) is 9.97 Å². The van der Waals surface area contributed by atoms with Crippen LogP contribution in [0.4, 0.5) is 0 Å². The van der Waals surface area contributed by atoms with Gasteiger partial charge < -0.3 is 0 Å². The van der Waals surface area contributed by atoms with Gasteiger partial charge >= 0.3 is 0 Å². The fourth-order valence-corrected chi connectivity index (χ4v) is 4.24. The summed E-state index contributed by atoms with van der Waals surface area (Å²) in [5.41, 5.74) is 8.69. The summed E-state index contributed by atoms with van der Waals surface area (Å²) in [5.74, 6) is 0.730. The molecule has 0 aliphatic heterocycles. The third-order valence-corrected chi connectivity index (χ3v) is 6.34. The highest BCUT2D eigenvalue weighted by molar-refractivity contribution is 6.20. The Balaban J connectivity index is 1.46. The Labute approximate surface area is 212 Å². The molecule has 0 saturated carbocycles. The first-order valence-corrected chi connectivity index (χ1v) is 12.4. The van der Waals surface area contributed by atoms with Gasteiger partial charge in [0.05, 0.1) is 11.4 Å². The number of aryl methyl sites for hydroxylation is 1. The SMILES string of the molecule is CC(Cl)CCc1ccc(-c2ccc(-c3cc(-c4ccccc4)nc(-c4ccccc4)n3)cc2)cc1. The zero-order valence-electron chi connectivity index (χ0n) is 19.7. The Morgan fingerprint density at radius 1 is 0.571 bits per heavy atom. The summed E-state index contributed by atoms with van der Waals surface area (Å²) < 4.78 is 0. The van der Waals surface area contributed by atoms with Crippen LogP contribution in [0.15, 0.2) is 115 Å². The minimum atomic E-state index is 0.203. The molecule has 1 aromatic heterocycles. The van der Waals surface area contributed by atoms with Crippen LogP contribution in [-0.2, 0) is 6.42 Å². The minimum absolute atomic E-state index is 0.203. The summed E-state index contributed by atoms with van der Waals surface area (Å²) in [6.07, 6.45) is 2.00. The molecule has 0 amide bonds. The number of nitrogens with zero attached hydrogens (tertiary/aromatic N) is 2. The quantitative estimate of drug-likeness (QED) is 0.220. The largest absolute Gasteiger partial charge is 0.228 e. The molecule has 0 saturated heterocycles. The van der Waals surface area contributed by atoms with Gasteiger partial charge in [-0.2, -0.15) is 0 Å². The highest BCUT2D eigenvalue weighted by Crippen LogP contribution is 2.29. The Kier molecular flexibility index (Phi) is 7.02. The molecule has 1 atom stereocenters. The zero-order valence-corrected chi connectivity index (χ0v) is 20.5. The molecule has 2 nitrogen and oxygen atoms in total. The number of rotatable bonds is 7. The second-order valence-corrected chi connectivity index (χ2v) is 9.53. The number of hydrogen-bond acceptors (Lipinski definition) is 2. The molecule has 5 aromatic rings. The lowest BCUT2D eigenvalue weighted by atomic mass is 9.99. The third-order valence-electron chi connectivity index (χ3n) is 6.13. The molecule has 0 bridgehead atoms. The molecular formula is C32H27ClN2. The van der Waals surface area contributed by atoms with Crippen molar-refractivity contribution in [1.29, 1.82) is 0 Å². The lowest BCUT2D eigenvalue weighted by molar-refractivity contribution is 0.803. The van der Waals surface area contributed by atoms with E-state index >= 15 is 0 Å². The number of halogens is 1. The topological polar surface area (TPSA) is 25.8 Å². The Morgan fingerprint density at radius 3 is 1.57 bits per heavy atom. The molecule has 0 fully saturated rings. The molecule has 35 heavy (non-hydrogen) atoms. The van der Waals surface area contributed by atoms with E-state index in [2.05, 4.69) is 78.9 Å². The first-order valence-electron chi connectivity index (χ1n) is 12.0. The molecule has 0 N–H and O–H groups in total. The van der Waals surface area contributed by atoms with Crippen molar-refractivity contribution in [3.05, 3.63) is 121 Å². The van der Waals surface area contributed by atoms with Crippen LogP contribution in [0.25, 0.3) is 45.0 Å². The van der Waals surface area contributed by atoms with E-state index in [4.69, 9.17) is 21.6 Å². The van der Waals surface area contributed by atoms with E-state index < -0.39 is 0 Å². The van der Waals surface area contributed by atoms with Gasteiger partial charge in [0.2, 0.25) is 0 Å². The van der Waals surface area contributed by atoms with Crippen LogP contribution in [0.2, 0.25) is 0 Å². The van der Waals surface area contributed by atoms with E-state index in [1.807, 2.05) is 43.3 Å². The predicted octanol–water partition coefficient (Wildman–Crippen LogP) is 8.70. The van der Waals surface area contributed by atoms with Gasteiger partial charge in [-0.1, -0.05) is 109 Å². The smallest absolute Gasteiger partial charge is 0.160 e. The van der Waals surface area contributed by atoms with Gasteiger partial charge in [-0.15, -0.1) is 11.6 Å². The Bertz CT molecular complexity index is 1320. The molecule has 0 aliphatic rings. The van der Waals surface area contributed by atoms with Crippen molar-refractivity contribution in [2.24, 2.45) is 0 Å². The minimum Gasteiger partial charge on any atom is -0.228 e. The van der Waals surface area contributed by atoms with Crippen molar-refractivity contribution in [1.82, 2.24) is 9.97 Å². The van der Waals surface area contributed by atoms with Crippen LogP contribution >= 0.6 is 11.6 Å². The standard InChI is InChI=1S/C32H27ClN2/c1-23(33)12-13-24-14-16-25(17-15-24)26-18-20-28(21-19-26)31-22-30(27-8-4-2-5-9-27)34-32(35-31)29-10-6-3-7-11-29/h2-11,14-23H,12-13H2,1H3. The summed E-state index contributed by atoms with van der Waals surface area (Å²) in [7, 11) is 0. The van der Waals surface area contributed by atoms with Crippen LogP contribution < -0.4 is 0 Å². The van der Waals surface area contributed by atoms with Gasteiger partial charge in [0.25, 0.3) is 0 Å². The molecule has 5 rings (SSSR count). The predicted molar refractivity (Wildman–Crippen MR) is 147 cm³/mol. The van der Waals surface area contributed by atoms with Gasteiger partial charge in [0, 0.05) is 22.1 Å². The number of alkyl halides is 1. The maximum absolute atomic E-state index is 6.10. The second-order valence-electron chi connectivity index (χ2n) is 8.79. The van der Waals surface area contributed by atoms with Crippen molar-refractivity contribution < 1.29 is 0 Å². The van der Waals surface area contributed by atoms with Gasteiger partial charge in [0.15, 0.2) is 5.82 Å². The van der Waals surface area contributed by atoms with Crippen molar-refractivity contribution >= 4 is 11.6 Å². The van der Waals surface area contributed by atoms with Gasteiger partial charge in [-0.3, -0.25) is 0 Å². The molecule has 0 spiro atoms. The second kappa shape index (κ2) is 10.7. The highest BCUT2D eigenvalue weighted by atomic mass is 35.5. The fourth-order valence-electron chi connectivity index (χ4n) is 4.13. The van der Waals surface area contributed by atoms with Crippen LogP contribution in [0.3, 0.4) is 0 Å². The summed E-state index contributed by atoms with van der Waals surface area (Å²) >= 11 is 6.10. The first-order chi connectivity index (χ1) is 17.2. The summed E-state index contributed by atoms with van der Waals surface area (Å²) in [5, 5.41) is 0.203. The van der Waals surface area contributed by atoms with Crippen molar-refractivity contribution in [2.75, 3.05) is 0 Å². The molecular weight excluding hydrogens is 448 g/mol. The van der Waals surface area contributed by atoms with Crippen molar-refractivity contribution in [3.63, 3.8) is 0 Å². The van der Waals surface area contributed by atoms with E-state index in [0.717, 1.165) is 46.7 Å². The third kappa shape index (κ3) is 5.67. The summed E-state index contributed by atoms with van der Waals surface area (Å²) in [4.78, 5) is 9.81. The average Bonchev–Trinajstić information content (AvgIpc) is 2.93. The van der Waals surface area contributed by atoms with Crippen molar-refractivity contribution in [3.8, 4) is 45.0 Å². The molecule has 3 heteroatoms. The fraction of sp³-hybridized carbons (Fsp3) is 0.125. The van der Waals surface area contributed by atoms with E-state index in [-0.39, 0.29) is 5.38 Å². The van der Waals surface area contributed by atoms with Crippen LogP contribution in [0.5, 0.6) is 0 Å². The van der Waals surface area contributed by atoms with E-state index in [0.29, 0.717) is 0 Å². The van der Waals surface area contributed by atoms with Crippen LogP contribution in [-0.4, -0.2) is 15.3 Å². The number of benzene rings is 4. The van der Waals surface area contributed by atoms with E-state index in [1.54, 1.807) is 0 Å². The summed E-state index contributed by atoms with van der Waals surface area (Å²) in [6, 6.07) is 39.9. The number of aromatic nitrogens is 2. The zero-order chi connectivity index (χ0) is 24.0.